The fraction of sp³-hybridized carbons (Fsp3) is 0.200. The summed E-state index contributed by atoms with van der Waals surface area (Å²) >= 11 is 8.11. The van der Waals surface area contributed by atoms with Crippen molar-refractivity contribution in [3.8, 4) is 11.5 Å². The van der Waals surface area contributed by atoms with Crippen molar-refractivity contribution in [3.63, 3.8) is 0 Å². The number of halogens is 2. The molecular weight excluding hydrogens is 340 g/mol. The maximum Gasteiger partial charge on any atom is 0.259 e. The molecule has 0 saturated carbocycles. The summed E-state index contributed by atoms with van der Waals surface area (Å²) in [5, 5.41) is 4.44. The van der Waals surface area contributed by atoms with Gasteiger partial charge in [-0.2, -0.15) is 4.98 Å². The molecule has 0 aliphatic rings. The van der Waals surface area contributed by atoms with Crippen LogP contribution in [0, 0.1) is 3.57 Å². The van der Waals surface area contributed by atoms with Crippen molar-refractivity contribution < 1.29 is 4.52 Å². The number of rotatable bonds is 2. The predicted molar refractivity (Wildman–Crippen MR) is 70.1 cm³/mol. The van der Waals surface area contributed by atoms with Gasteiger partial charge in [-0.1, -0.05) is 16.8 Å². The molecule has 1 unspecified atom stereocenters. The van der Waals surface area contributed by atoms with Gasteiger partial charge < -0.3 is 10.3 Å². The molecule has 1 aromatic carbocycles. The number of benzene rings is 1. The highest BCUT2D eigenvalue weighted by Gasteiger charge is 2.14. The molecule has 0 radical (unpaired) electrons. The number of aromatic nitrogens is 2. The van der Waals surface area contributed by atoms with Crippen molar-refractivity contribution in [3.05, 3.63) is 32.6 Å². The number of nitrogens with zero attached hydrogens (tertiary/aromatic N) is 2. The molecule has 2 rings (SSSR count). The third-order valence-corrected chi connectivity index (χ3v) is 3.18. The van der Waals surface area contributed by atoms with Gasteiger partial charge in [-0.3, -0.25) is 0 Å². The van der Waals surface area contributed by atoms with Crippen LogP contribution in [0.5, 0.6) is 0 Å². The average Bonchev–Trinajstić information content (AvgIpc) is 2.70. The van der Waals surface area contributed by atoms with E-state index in [-0.39, 0.29) is 6.04 Å². The third-order valence-electron chi connectivity index (χ3n) is 2.01. The van der Waals surface area contributed by atoms with Crippen molar-refractivity contribution in [1.29, 1.82) is 0 Å². The standard InChI is InChI=1S/C10H9ClIN3O/c1-5(13)9-14-10(16-15-9)7-4-6(11)2-3-8(7)12/h2-5H,13H2,1H3. The first-order valence-electron chi connectivity index (χ1n) is 4.62. The minimum absolute atomic E-state index is 0.241. The Hall–Kier alpha value is -0.660. The molecule has 2 N–H and O–H groups in total. The second-order valence-electron chi connectivity index (χ2n) is 3.37. The second-order valence-corrected chi connectivity index (χ2v) is 4.97. The highest BCUT2D eigenvalue weighted by Crippen LogP contribution is 2.27. The molecule has 0 aliphatic carbocycles. The van der Waals surface area contributed by atoms with Gasteiger partial charge in [0.25, 0.3) is 5.89 Å². The van der Waals surface area contributed by atoms with Crippen molar-refractivity contribution in [2.24, 2.45) is 5.73 Å². The van der Waals surface area contributed by atoms with Crippen molar-refractivity contribution in [2.75, 3.05) is 0 Å². The zero-order chi connectivity index (χ0) is 11.7. The summed E-state index contributed by atoms with van der Waals surface area (Å²) in [6.07, 6.45) is 0. The fourth-order valence-electron chi connectivity index (χ4n) is 1.19. The van der Waals surface area contributed by atoms with E-state index in [4.69, 9.17) is 21.9 Å². The van der Waals surface area contributed by atoms with Gasteiger partial charge >= 0.3 is 0 Å². The van der Waals surface area contributed by atoms with Crippen molar-refractivity contribution >= 4 is 34.2 Å². The Morgan fingerprint density at radius 2 is 2.25 bits per heavy atom. The number of nitrogens with two attached hydrogens (primary N) is 1. The molecule has 6 heteroatoms. The molecule has 0 spiro atoms. The third kappa shape index (κ3) is 2.36. The van der Waals surface area contributed by atoms with Crippen LogP contribution in [0.15, 0.2) is 22.7 Å². The summed E-state index contributed by atoms with van der Waals surface area (Å²) in [6, 6.07) is 5.26. The van der Waals surface area contributed by atoms with Crippen LogP contribution in [0.2, 0.25) is 5.02 Å². The lowest BCUT2D eigenvalue weighted by Gasteiger charge is -1.99. The van der Waals surface area contributed by atoms with Gasteiger partial charge in [-0.05, 0) is 47.7 Å². The number of hydrogen-bond acceptors (Lipinski definition) is 4. The van der Waals surface area contributed by atoms with E-state index in [0.29, 0.717) is 16.7 Å². The van der Waals surface area contributed by atoms with E-state index in [2.05, 4.69) is 32.7 Å². The number of hydrogen-bond donors (Lipinski definition) is 1. The first-order valence-corrected chi connectivity index (χ1v) is 6.08. The fourth-order valence-corrected chi connectivity index (χ4v) is 1.93. The molecule has 0 aliphatic heterocycles. The molecule has 84 valence electrons. The highest BCUT2D eigenvalue weighted by molar-refractivity contribution is 14.1. The molecular formula is C10H9ClIN3O. The molecule has 0 saturated heterocycles. The minimum atomic E-state index is -0.241. The molecule has 1 aromatic heterocycles. The first kappa shape index (κ1) is 11.8. The van der Waals surface area contributed by atoms with Crippen LogP contribution in [0.3, 0.4) is 0 Å². The van der Waals surface area contributed by atoms with Crippen LogP contribution in [-0.4, -0.2) is 10.1 Å². The molecule has 4 nitrogen and oxygen atoms in total. The van der Waals surface area contributed by atoms with E-state index in [1.54, 1.807) is 13.0 Å². The van der Waals surface area contributed by atoms with E-state index in [9.17, 15) is 0 Å². The molecule has 0 bridgehead atoms. The zero-order valence-electron chi connectivity index (χ0n) is 8.45. The molecule has 1 atom stereocenters. The van der Waals surface area contributed by atoms with E-state index in [1.807, 2.05) is 12.1 Å². The Labute approximate surface area is 111 Å². The van der Waals surface area contributed by atoms with Crippen LogP contribution in [0.25, 0.3) is 11.5 Å². The summed E-state index contributed by atoms with van der Waals surface area (Å²) in [6.45, 7) is 1.80. The molecule has 16 heavy (non-hydrogen) atoms. The largest absolute Gasteiger partial charge is 0.334 e. The summed E-state index contributed by atoms with van der Waals surface area (Å²) in [5.41, 5.74) is 6.49. The van der Waals surface area contributed by atoms with E-state index >= 15 is 0 Å². The maximum atomic E-state index is 5.92. The molecule has 0 amide bonds. The molecule has 1 heterocycles. The van der Waals surface area contributed by atoms with E-state index in [0.717, 1.165) is 9.13 Å². The average molecular weight is 350 g/mol. The Balaban J connectivity index is 2.46. The van der Waals surface area contributed by atoms with Crippen LogP contribution in [0.1, 0.15) is 18.8 Å². The maximum absolute atomic E-state index is 5.92. The molecule has 0 fully saturated rings. The minimum Gasteiger partial charge on any atom is -0.334 e. The van der Waals surface area contributed by atoms with E-state index in [1.165, 1.54) is 0 Å². The topological polar surface area (TPSA) is 64.9 Å². The Kier molecular flexibility index (Phi) is 3.46. The SMILES string of the molecule is CC(N)c1noc(-c2cc(Cl)ccc2I)n1. The summed E-state index contributed by atoms with van der Waals surface area (Å²) < 4.78 is 6.15. The van der Waals surface area contributed by atoms with Gasteiger partial charge in [0.15, 0.2) is 5.82 Å². The van der Waals surface area contributed by atoms with Crippen LogP contribution in [-0.2, 0) is 0 Å². The normalized spacial score (nSPS) is 12.8. The predicted octanol–water partition coefficient (Wildman–Crippen LogP) is 3.01. The van der Waals surface area contributed by atoms with Gasteiger partial charge in [-0.15, -0.1) is 0 Å². The summed E-state index contributed by atoms with van der Waals surface area (Å²) in [5.74, 6) is 0.935. The van der Waals surface area contributed by atoms with Crippen molar-refractivity contribution in [2.45, 2.75) is 13.0 Å². The lowest BCUT2D eigenvalue weighted by molar-refractivity contribution is 0.418. The highest BCUT2D eigenvalue weighted by atomic mass is 127. The Morgan fingerprint density at radius 3 is 2.88 bits per heavy atom. The Morgan fingerprint density at radius 1 is 1.50 bits per heavy atom. The van der Waals surface area contributed by atoms with Gasteiger partial charge in [0.1, 0.15) is 0 Å². The van der Waals surface area contributed by atoms with Gasteiger partial charge in [-0.25, -0.2) is 0 Å². The monoisotopic (exact) mass is 349 g/mol. The van der Waals surface area contributed by atoms with Gasteiger partial charge in [0, 0.05) is 8.59 Å². The van der Waals surface area contributed by atoms with Crippen LogP contribution in [0.4, 0.5) is 0 Å². The Bertz CT molecular complexity index is 513. The lowest BCUT2D eigenvalue weighted by Crippen LogP contribution is -2.06. The van der Waals surface area contributed by atoms with Gasteiger partial charge in [0.05, 0.1) is 11.6 Å². The van der Waals surface area contributed by atoms with Crippen LogP contribution < -0.4 is 5.73 Å². The van der Waals surface area contributed by atoms with Crippen molar-refractivity contribution in [1.82, 2.24) is 10.1 Å². The second kappa shape index (κ2) is 4.68. The first-order chi connectivity index (χ1) is 7.58. The van der Waals surface area contributed by atoms with E-state index < -0.39 is 0 Å². The van der Waals surface area contributed by atoms with Crippen LogP contribution >= 0.6 is 34.2 Å². The lowest BCUT2D eigenvalue weighted by atomic mass is 10.2. The summed E-state index contributed by atoms with van der Waals surface area (Å²) in [7, 11) is 0. The summed E-state index contributed by atoms with van der Waals surface area (Å²) in [4.78, 5) is 4.22. The molecule has 2 aromatic rings. The zero-order valence-corrected chi connectivity index (χ0v) is 11.4. The smallest absolute Gasteiger partial charge is 0.259 e. The van der Waals surface area contributed by atoms with Gasteiger partial charge in [0.2, 0.25) is 0 Å². The quantitative estimate of drug-likeness (QED) is 0.847.